The van der Waals surface area contributed by atoms with Crippen LogP contribution < -0.4 is 15.4 Å². The summed E-state index contributed by atoms with van der Waals surface area (Å²) in [6.07, 6.45) is 10.7. The third-order valence-electron chi connectivity index (χ3n) is 5.78. The van der Waals surface area contributed by atoms with Gasteiger partial charge < -0.3 is 20.1 Å². The molecule has 0 amide bonds. The van der Waals surface area contributed by atoms with Gasteiger partial charge in [-0.05, 0) is 49.0 Å². The van der Waals surface area contributed by atoms with Crippen molar-refractivity contribution in [3.63, 3.8) is 0 Å². The van der Waals surface area contributed by atoms with Gasteiger partial charge in [-0.25, -0.2) is 4.98 Å². The van der Waals surface area contributed by atoms with Crippen molar-refractivity contribution in [2.75, 3.05) is 33.9 Å². The average Bonchev–Trinajstić information content (AvgIpc) is 3.42. The number of pyridine rings is 1. The molecule has 0 atom stereocenters. The zero-order valence-electron chi connectivity index (χ0n) is 16.8. The molecule has 0 spiro atoms. The molecule has 27 heavy (non-hydrogen) atoms. The first-order chi connectivity index (χ1) is 13.2. The van der Waals surface area contributed by atoms with Crippen LogP contribution in [-0.2, 0) is 11.3 Å². The molecule has 0 unspecified atom stereocenters. The molecule has 0 aromatic carbocycles. The van der Waals surface area contributed by atoms with Gasteiger partial charge in [0.2, 0.25) is 5.88 Å². The molecule has 0 bridgehead atoms. The van der Waals surface area contributed by atoms with Gasteiger partial charge in [-0.15, -0.1) is 0 Å². The molecule has 1 aromatic rings. The molecule has 2 aliphatic rings. The summed E-state index contributed by atoms with van der Waals surface area (Å²) in [5.74, 6) is 2.30. The highest BCUT2D eigenvalue weighted by molar-refractivity contribution is 5.79. The molecular formula is C21H34N4O2. The predicted octanol–water partition coefficient (Wildman–Crippen LogP) is 3.13. The molecule has 2 fully saturated rings. The number of nitrogens with zero attached hydrogens (tertiary/aromatic N) is 2. The fourth-order valence-corrected chi connectivity index (χ4v) is 3.72. The minimum atomic E-state index is 0.343. The fraction of sp³-hybridized carbons (Fsp3) is 0.714. The Labute approximate surface area is 163 Å². The van der Waals surface area contributed by atoms with Crippen LogP contribution in [0.2, 0.25) is 0 Å². The number of rotatable bonds is 10. The Bertz CT molecular complexity index is 593. The smallest absolute Gasteiger partial charge is 0.213 e. The lowest BCUT2D eigenvalue weighted by Crippen LogP contribution is -2.43. The van der Waals surface area contributed by atoms with Gasteiger partial charge in [0, 0.05) is 46.1 Å². The van der Waals surface area contributed by atoms with E-state index in [1.807, 2.05) is 19.3 Å². The average molecular weight is 375 g/mol. The van der Waals surface area contributed by atoms with Crippen molar-refractivity contribution >= 4 is 5.96 Å². The molecule has 2 saturated carbocycles. The predicted molar refractivity (Wildman–Crippen MR) is 108 cm³/mol. The minimum Gasteiger partial charge on any atom is -0.477 e. The van der Waals surface area contributed by atoms with Crippen molar-refractivity contribution in [2.45, 2.75) is 51.5 Å². The van der Waals surface area contributed by atoms with E-state index in [9.17, 15) is 0 Å². The van der Waals surface area contributed by atoms with Gasteiger partial charge in [0.25, 0.3) is 0 Å². The summed E-state index contributed by atoms with van der Waals surface area (Å²) in [5.41, 5.74) is 1.46. The molecular weight excluding hydrogens is 340 g/mol. The summed E-state index contributed by atoms with van der Waals surface area (Å²) >= 11 is 0. The van der Waals surface area contributed by atoms with Crippen LogP contribution in [0.25, 0.3) is 0 Å². The molecule has 150 valence electrons. The first-order valence-corrected chi connectivity index (χ1v) is 10.2. The molecule has 0 aliphatic heterocycles. The highest BCUT2D eigenvalue weighted by Gasteiger charge is 2.33. The van der Waals surface area contributed by atoms with E-state index in [4.69, 9.17) is 9.47 Å². The molecule has 3 rings (SSSR count). The normalized spacial score (nSPS) is 19.1. The van der Waals surface area contributed by atoms with Crippen LogP contribution >= 0.6 is 0 Å². The van der Waals surface area contributed by atoms with E-state index in [-0.39, 0.29) is 0 Å². The summed E-state index contributed by atoms with van der Waals surface area (Å²) < 4.78 is 11.0. The molecule has 6 nitrogen and oxygen atoms in total. The highest BCUT2D eigenvalue weighted by atomic mass is 16.5. The number of ether oxygens (including phenoxy) is 2. The van der Waals surface area contributed by atoms with E-state index in [0.29, 0.717) is 12.0 Å². The van der Waals surface area contributed by atoms with Gasteiger partial charge in [-0.2, -0.15) is 0 Å². The lowest BCUT2D eigenvalue weighted by atomic mass is 9.83. The molecule has 6 heteroatoms. The first-order valence-electron chi connectivity index (χ1n) is 10.2. The Hall–Kier alpha value is -1.82. The van der Waals surface area contributed by atoms with Crippen LogP contribution in [-0.4, -0.2) is 44.9 Å². The minimum absolute atomic E-state index is 0.343. The summed E-state index contributed by atoms with van der Waals surface area (Å²) in [4.78, 5) is 8.77. The largest absolute Gasteiger partial charge is 0.477 e. The van der Waals surface area contributed by atoms with Gasteiger partial charge in [-0.3, -0.25) is 4.99 Å². The number of methoxy groups -OCH3 is 1. The van der Waals surface area contributed by atoms with Gasteiger partial charge in [0.05, 0.1) is 6.61 Å². The van der Waals surface area contributed by atoms with Crippen molar-refractivity contribution < 1.29 is 9.47 Å². The van der Waals surface area contributed by atoms with Crippen LogP contribution in [0.3, 0.4) is 0 Å². The maximum atomic E-state index is 5.69. The second kappa shape index (κ2) is 9.93. The Morgan fingerprint density at radius 1 is 1.26 bits per heavy atom. The molecule has 2 N–H and O–H groups in total. The Balaban J connectivity index is 1.42. The second-order valence-electron chi connectivity index (χ2n) is 7.99. The van der Waals surface area contributed by atoms with Crippen LogP contribution in [0.5, 0.6) is 5.88 Å². The van der Waals surface area contributed by atoms with Crippen molar-refractivity contribution in [3.8, 4) is 5.88 Å². The van der Waals surface area contributed by atoms with Crippen molar-refractivity contribution in [1.82, 2.24) is 15.6 Å². The number of guanidine groups is 1. The molecule has 2 aliphatic carbocycles. The SMILES string of the molecule is CN=C(NCc1ccc(OCC2CC2)nc1)NCC1(CCOC)CCCC1. The van der Waals surface area contributed by atoms with E-state index >= 15 is 0 Å². The Morgan fingerprint density at radius 2 is 2.07 bits per heavy atom. The first kappa shape index (κ1) is 19.9. The van der Waals surface area contributed by atoms with Crippen molar-refractivity contribution in [3.05, 3.63) is 23.9 Å². The summed E-state index contributed by atoms with van der Waals surface area (Å²) in [6.45, 7) is 3.27. The number of hydrogen-bond acceptors (Lipinski definition) is 4. The van der Waals surface area contributed by atoms with E-state index < -0.39 is 0 Å². The zero-order valence-corrected chi connectivity index (χ0v) is 16.8. The van der Waals surface area contributed by atoms with Crippen LogP contribution in [0, 0.1) is 11.3 Å². The standard InChI is InChI=1S/C21H34N4O2/c1-22-20(25-16-21(11-12-26-2)9-3-4-10-21)24-14-18-7-8-19(23-13-18)27-15-17-5-6-17/h7-8,13,17H,3-6,9-12,14-16H2,1-2H3,(H2,22,24,25). The quantitative estimate of drug-likeness (QED) is 0.486. The topological polar surface area (TPSA) is 67.8 Å². The number of nitrogens with one attached hydrogen (secondary N) is 2. The highest BCUT2D eigenvalue weighted by Crippen LogP contribution is 2.40. The second-order valence-corrected chi connectivity index (χ2v) is 7.99. The zero-order chi connectivity index (χ0) is 19.0. The lowest BCUT2D eigenvalue weighted by molar-refractivity contribution is 0.138. The monoisotopic (exact) mass is 374 g/mol. The van der Waals surface area contributed by atoms with Crippen LogP contribution in [0.1, 0.15) is 50.5 Å². The van der Waals surface area contributed by atoms with Gasteiger partial charge in [0.15, 0.2) is 5.96 Å². The Kier molecular flexibility index (Phi) is 7.33. The van der Waals surface area contributed by atoms with E-state index in [1.165, 1.54) is 38.5 Å². The third-order valence-corrected chi connectivity index (χ3v) is 5.78. The van der Waals surface area contributed by atoms with Crippen molar-refractivity contribution in [1.29, 1.82) is 0 Å². The summed E-state index contributed by atoms with van der Waals surface area (Å²) in [5, 5.41) is 6.91. The van der Waals surface area contributed by atoms with Crippen molar-refractivity contribution in [2.24, 2.45) is 16.3 Å². The Morgan fingerprint density at radius 3 is 2.70 bits per heavy atom. The molecule has 0 saturated heterocycles. The maximum absolute atomic E-state index is 5.69. The third kappa shape index (κ3) is 6.38. The lowest BCUT2D eigenvalue weighted by Gasteiger charge is -2.30. The van der Waals surface area contributed by atoms with Gasteiger partial charge in [0.1, 0.15) is 0 Å². The molecule has 0 radical (unpaired) electrons. The van der Waals surface area contributed by atoms with E-state index in [1.54, 1.807) is 7.11 Å². The summed E-state index contributed by atoms with van der Waals surface area (Å²) in [7, 11) is 3.60. The van der Waals surface area contributed by atoms with Crippen LogP contribution in [0.15, 0.2) is 23.3 Å². The molecule has 1 heterocycles. The maximum Gasteiger partial charge on any atom is 0.213 e. The van der Waals surface area contributed by atoms with E-state index in [0.717, 1.165) is 49.5 Å². The number of hydrogen-bond donors (Lipinski definition) is 2. The van der Waals surface area contributed by atoms with Gasteiger partial charge in [-0.1, -0.05) is 18.9 Å². The summed E-state index contributed by atoms with van der Waals surface area (Å²) in [6, 6.07) is 4.01. The van der Waals surface area contributed by atoms with Crippen LogP contribution in [0.4, 0.5) is 0 Å². The fourth-order valence-electron chi connectivity index (χ4n) is 3.72. The number of aliphatic imine (C=N–C) groups is 1. The molecule has 1 aromatic heterocycles. The van der Waals surface area contributed by atoms with E-state index in [2.05, 4.69) is 26.7 Å². The van der Waals surface area contributed by atoms with Gasteiger partial charge >= 0.3 is 0 Å². The number of aromatic nitrogens is 1.